The molecule has 0 aromatic carbocycles. The van der Waals surface area contributed by atoms with Gasteiger partial charge in [0.05, 0.1) is 5.76 Å². The van der Waals surface area contributed by atoms with E-state index in [-0.39, 0.29) is 11.5 Å². The van der Waals surface area contributed by atoms with Gasteiger partial charge in [-0.25, -0.2) is 0 Å². The second-order valence-corrected chi connectivity index (χ2v) is 3.46. The van der Waals surface area contributed by atoms with Gasteiger partial charge in [-0.3, -0.25) is 0 Å². The third-order valence-corrected chi connectivity index (χ3v) is 2.02. The molecule has 0 amide bonds. The van der Waals surface area contributed by atoms with Crippen molar-refractivity contribution in [1.29, 1.82) is 0 Å². The van der Waals surface area contributed by atoms with Gasteiger partial charge in [0.25, 0.3) is 0 Å². The summed E-state index contributed by atoms with van der Waals surface area (Å²) in [6.07, 6.45) is 11.4. The van der Waals surface area contributed by atoms with E-state index in [2.05, 4.69) is 13.2 Å². The number of aliphatic hydroxyl groups is 2. The van der Waals surface area contributed by atoms with E-state index >= 15 is 0 Å². The summed E-state index contributed by atoms with van der Waals surface area (Å²) in [5.41, 5.74) is 1.02. The summed E-state index contributed by atoms with van der Waals surface area (Å²) in [5.74, 6) is 0.0392. The molecule has 0 heterocycles. The first-order valence-electron chi connectivity index (χ1n) is 5.49. The molecule has 0 aromatic heterocycles. The minimum Gasteiger partial charge on any atom is -0.512 e. The lowest BCUT2D eigenvalue weighted by molar-refractivity contribution is 0.403. The number of hydrogen-bond acceptors (Lipinski definition) is 2. The van der Waals surface area contributed by atoms with Crippen LogP contribution < -0.4 is 0 Å². The van der Waals surface area contributed by atoms with E-state index in [0.717, 1.165) is 6.42 Å². The van der Waals surface area contributed by atoms with E-state index in [1.165, 1.54) is 0 Å². The van der Waals surface area contributed by atoms with Gasteiger partial charge in [0.15, 0.2) is 0 Å². The van der Waals surface area contributed by atoms with Gasteiger partial charge in [-0.15, -0.1) is 0 Å². The second kappa shape index (κ2) is 8.22. The SMILES string of the molecule is C=C\C=C/C(C(=C/C=C\CC)/C(=C)O)=C(\C)O. The quantitative estimate of drug-likeness (QED) is 0.522. The third-order valence-electron chi connectivity index (χ3n) is 2.02. The highest BCUT2D eigenvalue weighted by Crippen LogP contribution is 2.20. The maximum absolute atomic E-state index is 9.59. The first kappa shape index (κ1) is 15.0. The highest BCUT2D eigenvalue weighted by atomic mass is 16.3. The summed E-state index contributed by atoms with van der Waals surface area (Å²) in [4.78, 5) is 0. The van der Waals surface area contributed by atoms with Crippen LogP contribution in [0.4, 0.5) is 0 Å². The van der Waals surface area contributed by atoms with Crippen LogP contribution in [0.15, 0.2) is 72.3 Å². The largest absolute Gasteiger partial charge is 0.512 e. The van der Waals surface area contributed by atoms with Gasteiger partial charge in [-0.2, -0.15) is 0 Å². The Hall–Kier alpha value is -1.96. The predicted octanol–water partition coefficient (Wildman–Crippen LogP) is 4.52. The van der Waals surface area contributed by atoms with Crippen molar-refractivity contribution < 1.29 is 10.2 Å². The minimum atomic E-state index is -0.0807. The van der Waals surface area contributed by atoms with E-state index in [1.54, 1.807) is 31.2 Å². The average Bonchev–Trinajstić information content (AvgIpc) is 2.26. The summed E-state index contributed by atoms with van der Waals surface area (Å²) in [5, 5.41) is 19.1. The fourth-order valence-electron chi connectivity index (χ4n) is 1.21. The molecular formula is C15H20O2. The van der Waals surface area contributed by atoms with Gasteiger partial charge in [-0.05, 0) is 13.3 Å². The molecule has 0 aliphatic carbocycles. The Bertz CT molecular complexity index is 389. The molecule has 92 valence electrons. The zero-order valence-electron chi connectivity index (χ0n) is 10.5. The molecule has 0 bridgehead atoms. The van der Waals surface area contributed by atoms with Crippen LogP contribution in [-0.4, -0.2) is 10.2 Å². The monoisotopic (exact) mass is 232 g/mol. The van der Waals surface area contributed by atoms with Crippen molar-refractivity contribution in [3.05, 3.63) is 72.3 Å². The van der Waals surface area contributed by atoms with Crippen molar-refractivity contribution in [2.75, 3.05) is 0 Å². The fourth-order valence-corrected chi connectivity index (χ4v) is 1.21. The molecule has 0 aliphatic heterocycles. The maximum Gasteiger partial charge on any atom is 0.116 e. The van der Waals surface area contributed by atoms with Crippen LogP contribution in [-0.2, 0) is 0 Å². The van der Waals surface area contributed by atoms with E-state index < -0.39 is 0 Å². The summed E-state index contributed by atoms with van der Waals surface area (Å²) < 4.78 is 0. The second-order valence-electron chi connectivity index (χ2n) is 3.46. The molecule has 2 heteroatoms. The van der Waals surface area contributed by atoms with Crippen molar-refractivity contribution >= 4 is 0 Å². The molecule has 0 spiro atoms. The Labute approximate surface area is 103 Å². The van der Waals surface area contributed by atoms with Gasteiger partial charge in [0.2, 0.25) is 0 Å². The van der Waals surface area contributed by atoms with Crippen LogP contribution in [0.3, 0.4) is 0 Å². The Morgan fingerprint density at radius 3 is 2.29 bits per heavy atom. The third kappa shape index (κ3) is 5.61. The molecule has 0 radical (unpaired) electrons. The van der Waals surface area contributed by atoms with Crippen molar-refractivity contribution in [1.82, 2.24) is 0 Å². The smallest absolute Gasteiger partial charge is 0.116 e. The van der Waals surface area contributed by atoms with Crippen LogP contribution in [0.5, 0.6) is 0 Å². The van der Waals surface area contributed by atoms with E-state index in [9.17, 15) is 10.2 Å². The number of allylic oxidation sites excluding steroid dienone is 8. The lowest BCUT2D eigenvalue weighted by Gasteiger charge is -2.07. The molecule has 0 rings (SSSR count). The minimum absolute atomic E-state index is 0.0807. The zero-order valence-corrected chi connectivity index (χ0v) is 10.5. The van der Waals surface area contributed by atoms with Gasteiger partial charge < -0.3 is 10.2 Å². The maximum atomic E-state index is 9.59. The zero-order chi connectivity index (χ0) is 13.3. The Morgan fingerprint density at radius 1 is 1.24 bits per heavy atom. The van der Waals surface area contributed by atoms with Crippen LogP contribution >= 0.6 is 0 Å². The normalized spacial score (nSPS) is 14.1. The molecule has 2 N–H and O–H groups in total. The van der Waals surface area contributed by atoms with Crippen LogP contribution in [0.25, 0.3) is 0 Å². The molecule has 0 saturated carbocycles. The lowest BCUT2D eigenvalue weighted by Crippen LogP contribution is -1.94. The van der Waals surface area contributed by atoms with Crippen LogP contribution in [0, 0.1) is 0 Å². The molecule has 2 nitrogen and oxygen atoms in total. The topological polar surface area (TPSA) is 40.5 Å². The molecule has 0 unspecified atom stereocenters. The Balaban J connectivity index is 5.42. The van der Waals surface area contributed by atoms with Crippen LogP contribution in [0.1, 0.15) is 20.3 Å². The molecule has 0 saturated heterocycles. The molecule has 0 aliphatic rings. The van der Waals surface area contributed by atoms with Gasteiger partial charge >= 0.3 is 0 Å². The average molecular weight is 232 g/mol. The summed E-state index contributed by atoms with van der Waals surface area (Å²) >= 11 is 0. The summed E-state index contributed by atoms with van der Waals surface area (Å²) in [6.45, 7) is 10.6. The predicted molar refractivity (Wildman–Crippen MR) is 73.9 cm³/mol. The van der Waals surface area contributed by atoms with E-state index in [1.807, 2.05) is 19.1 Å². The van der Waals surface area contributed by atoms with Crippen molar-refractivity contribution in [2.45, 2.75) is 20.3 Å². The Morgan fingerprint density at radius 2 is 1.88 bits per heavy atom. The first-order chi connectivity index (χ1) is 8.04. The number of rotatable bonds is 6. The van der Waals surface area contributed by atoms with E-state index in [4.69, 9.17) is 0 Å². The van der Waals surface area contributed by atoms with Crippen molar-refractivity contribution in [3.8, 4) is 0 Å². The molecular weight excluding hydrogens is 212 g/mol. The van der Waals surface area contributed by atoms with E-state index in [0.29, 0.717) is 11.1 Å². The van der Waals surface area contributed by atoms with Crippen molar-refractivity contribution in [2.24, 2.45) is 0 Å². The van der Waals surface area contributed by atoms with Gasteiger partial charge in [-0.1, -0.05) is 56.5 Å². The molecule has 0 atom stereocenters. The summed E-state index contributed by atoms with van der Waals surface area (Å²) in [7, 11) is 0. The highest BCUT2D eigenvalue weighted by Gasteiger charge is 2.07. The first-order valence-corrected chi connectivity index (χ1v) is 5.49. The van der Waals surface area contributed by atoms with Gasteiger partial charge in [0.1, 0.15) is 5.76 Å². The van der Waals surface area contributed by atoms with Gasteiger partial charge in [0, 0.05) is 11.1 Å². The molecule has 0 aromatic rings. The standard InChI is InChI=1S/C15H20O2/c1-5-7-9-11-15(13(4)17)14(12(3)16)10-8-6-2/h6-11,16-17H,2,4-5H2,1,3H3/b9-7-,10-8-,14-12-,15-11+. The van der Waals surface area contributed by atoms with Crippen molar-refractivity contribution in [3.63, 3.8) is 0 Å². The number of aliphatic hydroxyl groups excluding tert-OH is 2. The van der Waals surface area contributed by atoms with Crippen LogP contribution in [0.2, 0.25) is 0 Å². The Kier molecular flexibility index (Phi) is 7.27. The summed E-state index contributed by atoms with van der Waals surface area (Å²) in [6, 6.07) is 0. The fraction of sp³-hybridized carbons (Fsp3) is 0.200. The molecule has 17 heavy (non-hydrogen) atoms. The molecule has 0 fully saturated rings. The lowest BCUT2D eigenvalue weighted by atomic mass is 10.0. The number of hydrogen-bond donors (Lipinski definition) is 2. The highest BCUT2D eigenvalue weighted by molar-refractivity contribution is 5.51.